The number of hydrogen-bond donors (Lipinski definition) is 0. The molecule has 3 nitrogen and oxygen atoms in total. The molecule has 2 fully saturated rings. The molecule has 0 N–H and O–H groups in total. The molecule has 0 spiro atoms. The second kappa shape index (κ2) is 5.21. The number of anilines is 1. The molecule has 3 rings (SSSR count). The highest BCUT2D eigenvalue weighted by Gasteiger charge is 2.31. The molecule has 2 aliphatic rings. The van der Waals surface area contributed by atoms with Crippen LogP contribution in [0.2, 0.25) is 0 Å². The van der Waals surface area contributed by atoms with Gasteiger partial charge in [0.25, 0.3) is 0 Å². The Morgan fingerprint density at radius 3 is 3.00 bits per heavy atom. The van der Waals surface area contributed by atoms with Crippen LogP contribution in [0.3, 0.4) is 0 Å². The maximum Gasteiger partial charge on any atom is 0.186 e. The molecule has 0 aromatic carbocycles. The number of rotatable bonds is 4. The first kappa shape index (κ1) is 12.5. The number of aromatic nitrogens is 1. The molecule has 1 saturated heterocycles. The van der Waals surface area contributed by atoms with Gasteiger partial charge < -0.3 is 4.90 Å². The van der Waals surface area contributed by atoms with E-state index in [1.165, 1.54) is 25.0 Å². The summed E-state index contributed by atoms with van der Waals surface area (Å²) in [5, 5.41) is 1.78. The largest absolute Gasteiger partial charge is 0.346 e. The molecule has 1 atom stereocenters. The molecule has 0 bridgehead atoms. The average Bonchev–Trinajstić information content (AvgIpc) is 3.18. The number of carbonyl (C=O) groups is 1. The van der Waals surface area contributed by atoms with Gasteiger partial charge in [-0.05, 0) is 19.3 Å². The van der Waals surface area contributed by atoms with E-state index in [0.29, 0.717) is 11.2 Å². The maximum atomic E-state index is 11.1. The molecule has 1 aromatic rings. The minimum atomic E-state index is 0.566. The van der Waals surface area contributed by atoms with E-state index in [0.717, 1.165) is 35.1 Å². The van der Waals surface area contributed by atoms with Crippen LogP contribution in [0.4, 0.5) is 5.13 Å². The van der Waals surface area contributed by atoms with Gasteiger partial charge in [-0.1, -0.05) is 18.3 Å². The summed E-state index contributed by atoms with van der Waals surface area (Å²) in [5.74, 6) is 1.74. The van der Waals surface area contributed by atoms with Crippen LogP contribution in [0.5, 0.6) is 0 Å². The van der Waals surface area contributed by atoms with E-state index in [1.54, 1.807) is 11.3 Å². The number of hydrogen-bond acceptors (Lipinski definition) is 5. The van der Waals surface area contributed by atoms with Crippen molar-refractivity contribution in [3.63, 3.8) is 0 Å². The SMILES string of the molecule is CCC1CN(c2nc(C3CC3)c(C=O)s2)CCS1. The van der Waals surface area contributed by atoms with Crippen LogP contribution >= 0.6 is 23.1 Å². The van der Waals surface area contributed by atoms with Crippen molar-refractivity contribution in [1.82, 2.24) is 4.98 Å². The second-order valence-corrected chi connectivity index (χ2v) is 7.40. The van der Waals surface area contributed by atoms with Crippen LogP contribution in [0, 0.1) is 0 Å². The van der Waals surface area contributed by atoms with Gasteiger partial charge in [-0.15, -0.1) is 0 Å². The average molecular weight is 282 g/mol. The van der Waals surface area contributed by atoms with E-state index in [1.807, 2.05) is 0 Å². The zero-order valence-electron chi connectivity index (χ0n) is 10.6. The highest BCUT2D eigenvalue weighted by molar-refractivity contribution is 8.00. The highest BCUT2D eigenvalue weighted by Crippen LogP contribution is 2.44. The van der Waals surface area contributed by atoms with Crippen LogP contribution in [0.25, 0.3) is 0 Å². The third kappa shape index (κ3) is 2.43. The number of thioether (sulfide) groups is 1. The number of carbonyl (C=O) groups excluding carboxylic acids is 1. The van der Waals surface area contributed by atoms with E-state index in [4.69, 9.17) is 4.98 Å². The number of thiazole rings is 1. The van der Waals surface area contributed by atoms with Gasteiger partial charge in [-0.25, -0.2) is 4.98 Å². The van der Waals surface area contributed by atoms with Crippen molar-refractivity contribution in [3.8, 4) is 0 Å². The van der Waals surface area contributed by atoms with E-state index in [-0.39, 0.29) is 0 Å². The molecular formula is C13H18N2OS2. The summed E-state index contributed by atoms with van der Waals surface area (Å²) in [6.07, 6.45) is 4.61. The van der Waals surface area contributed by atoms with Gasteiger partial charge in [-0.2, -0.15) is 11.8 Å². The molecule has 5 heteroatoms. The zero-order valence-corrected chi connectivity index (χ0v) is 12.2. The quantitative estimate of drug-likeness (QED) is 0.794. The van der Waals surface area contributed by atoms with Crippen LogP contribution in [0.15, 0.2) is 0 Å². The molecule has 18 heavy (non-hydrogen) atoms. The van der Waals surface area contributed by atoms with Crippen molar-refractivity contribution in [3.05, 3.63) is 10.6 Å². The van der Waals surface area contributed by atoms with Gasteiger partial charge in [0.15, 0.2) is 11.4 Å². The fourth-order valence-corrected chi connectivity index (χ4v) is 4.52. The third-order valence-corrected chi connectivity index (χ3v) is 6.03. The van der Waals surface area contributed by atoms with Crippen LogP contribution in [0.1, 0.15) is 47.5 Å². The standard InChI is InChI=1S/C13H18N2OS2/c1-2-10-7-15(5-6-17-10)13-14-12(9-3-4-9)11(8-16)18-13/h8-10H,2-7H2,1H3. The van der Waals surface area contributed by atoms with E-state index >= 15 is 0 Å². The molecule has 1 saturated carbocycles. The van der Waals surface area contributed by atoms with Gasteiger partial charge in [0, 0.05) is 30.0 Å². The number of nitrogens with zero attached hydrogens (tertiary/aromatic N) is 2. The Bertz CT molecular complexity index is 442. The Labute approximate surface area is 116 Å². The van der Waals surface area contributed by atoms with Gasteiger partial charge in [0.1, 0.15) is 0 Å². The summed E-state index contributed by atoms with van der Waals surface area (Å²) < 4.78 is 0. The second-order valence-electron chi connectivity index (χ2n) is 4.99. The predicted octanol–water partition coefficient (Wildman–Crippen LogP) is 3.16. The molecular weight excluding hydrogens is 264 g/mol. The van der Waals surface area contributed by atoms with Crippen LogP contribution in [-0.4, -0.2) is 35.4 Å². The molecule has 1 aromatic heterocycles. The summed E-state index contributed by atoms with van der Waals surface area (Å²) in [6, 6.07) is 0. The number of aldehydes is 1. The normalized spacial score (nSPS) is 24.3. The summed E-state index contributed by atoms with van der Waals surface area (Å²) in [7, 11) is 0. The Morgan fingerprint density at radius 2 is 2.33 bits per heavy atom. The van der Waals surface area contributed by atoms with Crippen molar-refractivity contribution < 1.29 is 4.79 Å². The monoisotopic (exact) mass is 282 g/mol. The Kier molecular flexibility index (Phi) is 3.61. The van der Waals surface area contributed by atoms with Gasteiger partial charge in [-0.3, -0.25) is 4.79 Å². The van der Waals surface area contributed by atoms with Crippen molar-refractivity contribution in [2.45, 2.75) is 37.4 Å². The van der Waals surface area contributed by atoms with Crippen molar-refractivity contribution in [1.29, 1.82) is 0 Å². The molecule has 98 valence electrons. The Morgan fingerprint density at radius 1 is 1.50 bits per heavy atom. The molecule has 2 heterocycles. The lowest BCUT2D eigenvalue weighted by atomic mass is 10.3. The van der Waals surface area contributed by atoms with E-state index in [2.05, 4.69) is 23.6 Å². The van der Waals surface area contributed by atoms with Crippen molar-refractivity contribution in [2.24, 2.45) is 0 Å². The van der Waals surface area contributed by atoms with Gasteiger partial charge >= 0.3 is 0 Å². The minimum absolute atomic E-state index is 0.566. The summed E-state index contributed by atoms with van der Waals surface area (Å²) >= 11 is 3.65. The molecule has 1 unspecified atom stereocenters. The lowest BCUT2D eigenvalue weighted by molar-refractivity contribution is 0.112. The zero-order chi connectivity index (χ0) is 12.5. The topological polar surface area (TPSA) is 33.2 Å². The first-order valence-corrected chi connectivity index (χ1v) is 8.50. The van der Waals surface area contributed by atoms with Crippen molar-refractivity contribution in [2.75, 3.05) is 23.7 Å². The maximum absolute atomic E-state index is 11.1. The Hall–Kier alpha value is -0.550. The predicted molar refractivity (Wildman–Crippen MR) is 78.2 cm³/mol. The molecule has 1 aliphatic carbocycles. The van der Waals surface area contributed by atoms with Gasteiger partial charge in [0.2, 0.25) is 0 Å². The molecule has 0 amide bonds. The van der Waals surface area contributed by atoms with Gasteiger partial charge in [0.05, 0.1) is 10.6 Å². The first-order chi connectivity index (χ1) is 8.81. The smallest absolute Gasteiger partial charge is 0.186 e. The molecule has 1 aliphatic heterocycles. The summed E-state index contributed by atoms with van der Waals surface area (Å²) in [4.78, 5) is 19.1. The fraction of sp³-hybridized carbons (Fsp3) is 0.692. The third-order valence-electron chi connectivity index (χ3n) is 3.61. The lowest BCUT2D eigenvalue weighted by Crippen LogP contribution is -2.37. The van der Waals surface area contributed by atoms with E-state index < -0.39 is 0 Å². The van der Waals surface area contributed by atoms with Crippen LogP contribution < -0.4 is 4.90 Å². The minimum Gasteiger partial charge on any atom is -0.346 e. The summed E-state index contributed by atoms with van der Waals surface area (Å²) in [6.45, 7) is 4.39. The van der Waals surface area contributed by atoms with Crippen LogP contribution in [-0.2, 0) is 0 Å². The van der Waals surface area contributed by atoms with Crippen molar-refractivity contribution >= 4 is 34.5 Å². The summed E-state index contributed by atoms with van der Waals surface area (Å²) in [5.41, 5.74) is 1.07. The fourth-order valence-electron chi connectivity index (χ4n) is 2.34. The van der Waals surface area contributed by atoms with E-state index in [9.17, 15) is 4.79 Å². The molecule has 0 radical (unpaired) electrons. The Balaban J connectivity index is 1.80. The first-order valence-electron chi connectivity index (χ1n) is 6.64. The lowest BCUT2D eigenvalue weighted by Gasteiger charge is -2.31. The highest BCUT2D eigenvalue weighted by atomic mass is 32.2.